The highest BCUT2D eigenvalue weighted by Crippen LogP contribution is 2.29. The van der Waals surface area contributed by atoms with Crippen molar-refractivity contribution in [2.24, 2.45) is 5.92 Å². The zero-order valence-electron chi connectivity index (χ0n) is 11.5. The van der Waals surface area contributed by atoms with E-state index < -0.39 is 5.97 Å². The quantitative estimate of drug-likeness (QED) is 0.819. The molecular weight excluding hydrogens is 292 g/mol. The van der Waals surface area contributed by atoms with Crippen LogP contribution in [0.5, 0.6) is 0 Å². The molecule has 0 aliphatic carbocycles. The van der Waals surface area contributed by atoms with Gasteiger partial charge in [0, 0.05) is 37.0 Å². The smallest absolute Gasteiger partial charge is 0.335 e. The minimum atomic E-state index is -1.08. The zero-order chi connectivity index (χ0) is 15.6. The number of hydrogen-bond donors (Lipinski definition) is 2. The summed E-state index contributed by atoms with van der Waals surface area (Å²) in [6, 6.07) is 4.39. The third-order valence-electron chi connectivity index (χ3n) is 3.23. The predicted molar refractivity (Wildman–Crippen MR) is 81.4 cm³/mol. The first-order valence-electron chi connectivity index (χ1n) is 6.44. The summed E-state index contributed by atoms with van der Waals surface area (Å²) >= 11 is 1.20. The van der Waals surface area contributed by atoms with Gasteiger partial charge in [-0.1, -0.05) is 11.8 Å². The number of amides is 1. The van der Waals surface area contributed by atoms with Gasteiger partial charge in [-0.15, -0.1) is 0 Å². The molecule has 1 atom stereocenters. The molecule has 1 amide bonds. The molecule has 112 valence electrons. The summed E-state index contributed by atoms with van der Waals surface area (Å²) in [5.74, 6) is -0.489. The van der Waals surface area contributed by atoms with Crippen LogP contribution in [-0.4, -0.2) is 34.4 Å². The number of thioether (sulfide) groups is 1. The Kier molecular flexibility index (Phi) is 4.52. The first-order chi connectivity index (χ1) is 9.86. The lowest BCUT2D eigenvalue weighted by Crippen LogP contribution is -2.25. The molecule has 1 aliphatic heterocycles. The van der Waals surface area contributed by atoms with Crippen molar-refractivity contribution >= 4 is 40.1 Å². The maximum atomic E-state index is 12.1. The lowest BCUT2D eigenvalue weighted by atomic mass is 10.1. The summed E-state index contributed by atoms with van der Waals surface area (Å²) in [4.78, 5) is 35.6. The van der Waals surface area contributed by atoms with Crippen LogP contribution in [0.2, 0.25) is 0 Å². The van der Waals surface area contributed by atoms with Gasteiger partial charge in [-0.05, 0) is 24.1 Å². The van der Waals surface area contributed by atoms with Gasteiger partial charge in [0.15, 0.2) is 5.12 Å². The molecule has 1 fully saturated rings. The topological polar surface area (TPSA) is 101 Å². The average molecular weight is 308 g/mol. The highest BCUT2D eigenvalue weighted by atomic mass is 32.2. The first-order valence-corrected chi connectivity index (χ1v) is 7.43. The fourth-order valence-corrected chi connectivity index (χ4v) is 2.99. The molecule has 2 rings (SSSR count). The third-order valence-corrected chi connectivity index (χ3v) is 4.27. The fraction of sp³-hybridized carbons (Fsp3) is 0.357. The molecular formula is C14H16N2O4S. The van der Waals surface area contributed by atoms with E-state index >= 15 is 0 Å². The number of nitrogen functional groups attached to an aromatic ring is 1. The zero-order valence-corrected chi connectivity index (χ0v) is 12.4. The van der Waals surface area contributed by atoms with Gasteiger partial charge in [0.25, 0.3) is 0 Å². The lowest BCUT2D eigenvalue weighted by Gasteiger charge is -2.18. The van der Waals surface area contributed by atoms with Crippen LogP contribution < -0.4 is 10.6 Å². The summed E-state index contributed by atoms with van der Waals surface area (Å²) in [5.41, 5.74) is 6.55. The molecule has 1 aromatic carbocycles. The van der Waals surface area contributed by atoms with Crippen molar-refractivity contribution in [1.82, 2.24) is 0 Å². The molecule has 1 heterocycles. The number of carboxylic acid groups (broad SMARTS) is 1. The maximum absolute atomic E-state index is 12.1. The number of hydrogen-bond acceptors (Lipinski definition) is 5. The summed E-state index contributed by atoms with van der Waals surface area (Å²) in [5, 5.41) is 9.07. The molecule has 3 N–H and O–H groups in total. The Morgan fingerprint density at radius 3 is 2.76 bits per heavy atom. The Balaban J connectivity index is 2.17. The van der Waals surface area contributed by atoms with E-state index in [-0.39, 0.29) is 22.5 Å². The molecule has 0 spiro atoms. The Bertz CT molecular complexity index is 603. The summed E-state index contributed by atoms with van der Waals surface area (Å²) < 4.78 is 0. The van der Waals surface area contributed by atoms with E-state index in [0.29, 0.717) is 30.1 Å². The number of aromatic carboxylic acids is 1. The van der Waals surface area contributed by atoms with E-state index in [1.165, 1.54) is 35.7 Å². The van der Waals surface area contributed by atoms with Crippen LogP contribution in [-0.2, 0) is 9.59 Å². The van der Waals surface area contributed by atoms with Crippen molar-refractivity contribution < 1.29 is 19.5 Å². The Morgan fingerprint density at radius 1 is 1.43 bits per heavy atom. The van der Waals surface area contributed by atoms with E-state index in [1.54, 1.807) is 6.07 Å². The molecule has 0 aromatic heterocycles. The standard InChI is InChI=1S/C14H16N2O4S/c1-8(17)21-7-9-2-13(18)16(6-9)12-4-10(14(19)20)3-11(15)5-12/h3-5,9H,2,6-7,15H2,1H3,(H,19,20). The SMILES string of the molecule is CC(=O)SCC1CC(=O)N(c2cc(N)cc(C(=O)O)c2)C1. The molecule has 0 bridgehead atoms. The van der Waals surface area contributed by atoms with Crippen molar-refractivity contribution in [3.05, 3.63) is 23.8 Å². The van der Waals surface area contributed by atoms with Crippen LogP contribution in [0.15, 0.2) is 18.2 Å². The monoisotopic (exact) mass is 308 g/mol. The second kappa shape index (κ2) is 6.17. The second-order valence-corrected chi connectivity index (χ2v) is 6.19. The minimum absolute atomic E-state index is 0.0259. The second-order valence-electron chi connectivity index (χ2n) is 5.00. The normalized spacial score (nSPS) is 18.0. The number of rotatable bonds is 4. The lowest BCUT2D eigenvalue weighted by molar-refractivity contribution is -0.117. The van der Waals surface area contributed by atoms with Crippen LogP contribution in [0.25, 0.3) is 0 Å². The van der Waals surface area contributed by atoms with E-state index in [1.807, 2.05) is 0 Å². The van der Waals surface area contributed by atoms with Crippen LogP contribution in [0, 0.1) is 5.92 Å². The number of nitrogens with two attached hydrogens (primary N) is 1. The van der Waals surface area contributed by atoms with Crippen molar-refractivity contribution in [3.8, 4) is 0 Å². The molecule has 1 aliphatic rings. The molecule has 1 unspecified atom stereocenters. The van der Waals surface area contributed by atoms with Crippen LogP contribution in [0.4, 0.5) is 11.4 Å². The number of anilines is 2. The van der Waals surface area contributed by atoms with Gasteiger partial charge in [0.2, 0.25) is 5.91 Å². The van der Waals surface area contributed by atoms with Gasteiger partial charge in [0.1, 0.15) is 0 Å². The largest absolute Gasteiger partial charge is 0.478 e. The summed E-state index contributed by atoms with van der Waals surface area (Å²) in [6.07, 6.45) is 0.359. The van der Waals surface area contributed by atoms with E-state index in [0.717, 1.165) is 0 Å². The van der Waals surface area contributed by atoms with Crippen molar-refractivity contribution in [1.29, 1.82) is 0 Å². The predicted octanol–water partition coefficient (Wildman–Crippen LogP) is 1.60. The van der Waals surface area contributed by atoms with Crippen LogP contribution in [0.1, 0.15) is 23.7 Å². The molecule has 0 saturated carbocycles. The number of carbonyl (C=O) groups excluding carboxylic acids is 2. The fourth-order valence-electron chi connectivity index (χ4n) is 2.29. The highest BCUT2D eigenvalue weighted by Gasteiger charge is 2.31. The molecule has 6 nitrogen and oxygen atoms in total. The van der Waals surface area contributed by atoms with Gasteiger partial charge < -0.3 is 15.7 Å². The average Bonchev–Trinajstić information content (AvgIpc) is 2.77. The van der Waals surface area contributed by atoms with Crippen molar-refractivity contribution in [3.63, 3.8) is 0 Å². The van der Waals surface area contributed by atoms with Gasteiger partial charge >= 0.3 is 5.97 Å². The third kappa shape index (κ3) is 3.75. The molecule has 1 saturated heterocycles. The molecule has 1 aromatic rings. The van der Waals surface area contributed by atoms with Crippen LogP contribution >= 0.6 is 11.8 Å². The van der Waals surface area contributed by atoms with Crippen molar-refractivity contribution in [2.45, 2.75) is 13.3 Å². The van der Waals surface area contributed by atoms with Gasteiger partial charge in [-0.3, -0.25) is 9.59 Å². The van der Waals surface area contributed by atoms with E-state index in [2.05, 4.69) is 0 Å². The van der Waals surface area contributed by atoms with Crippen LogP contribution in [0.3, 0.4) is 0 Å². The van der Waals surface area contributed by atoms with Crippen molar-refractivity contribution in [2.75, 3.05) is 22.9 Å². The van der Waals surface area contributed by atoms with Gasteiger partial charge in [-0.25, -0.2) is 4.79 Å². The van der Waals surface area contributed by atoms with Gasteiger partial charge in [-0.2, -0.15) is 0 Å². The molecule has 0 radical (unpaired) electrons. The van der Waals surface area contributed by atoms with E-state index in [4.69, 9.17) is 10.8 Å². The summed E-state index contributed by atoms with van der Waals surface area (Å²) in [6.45, 7) is 1.97. The molecule has 7 heteroatoms. The Labute approximate surface area is 126 Å². The number of carboxylic acids is 1. The minimum Gasteiger partial charge on any atom is -0.478 e. The maximum Gasteiger partial charge on any atom is 0.335 e. The Hall–Kier alpha value is -2.02. The van der Waals surface area contributed by atoms with E-state index in [9.17, 15) is 14.4 Å². The number of benzene rings is 1. The first kappa shape index (κ1) is 15.4. The van der Waals surface area contributed by atoms with Gasteiger partial charge in [0.05, 0.1) is 5.56 Å². The highest BCUT2D eigenvalue weighted by molar-refractivity contribution is 8.13. The Morgan fingerprint density at radius 2 is 2.14 bits per heavy atom. The molecule has 21 heavy (non-hydrogen) atoms. The number of carbonyl (C=O) groups is 3. The number of nitrogens with zero attached hydrogens (tertiary/aromatic N) is 1. The summed E-state index contributed by atoms with van der Waals surface area (Å²) in [7, 11) is 0.